The number of esters is 1. The molecule has 196 valence electrons. The molecule has 0 fully saturated rings. The van der Waals surface area contributed by atoms with Crippen LogP contribution < -0.4 is 5.32 Å². The van der Waals surface area contributed by atoms with E-state index in [4.69, 9.17) is 4.74 Å². The minimum Gasteiger partial charge on any atom is -0.464 e. The van der Waals surface area contributed by atoms with Gasteiger partial charge in [0, 0.05) is 23.5 Å². The largest absolute Gasteiger partial charge is 0.464 e. The second-order valence-electron chi connectivity index (χ2n) is 9.81. The second-order valence-corrected chi connectivity index (χ2v) is 9.81. The van der Waals surface area contributed by atoms with Gasteiger partial charge < -0.3 is 15.0 Å². The van der Waals surface area contributed by atoms with Crippen molar-refractivity contribution in [3.63, 3.8) is 0 Å². The topological polar surface area (TPSA) is 71.2 Å². The molecule has 0 radical (unpaired) electrons. The highest BCUT2D eigenvalue weighted by molar-refractivity contribution is 5.87. The van der Waals surface area contributed by atoms with Gasteiger partial charge in [-0.15, -0.1) is 0 Å². The molecule has 0 aliphatic rings. The van der Waals surface area contributed by atoms with E-state index in [1.807, 2.05) is 30.5 Å². The summed E-state index contributed by atoms with van der Waals surface area (Å²) < 4.78 is 5.28. The van der Waals surface area contributed by atoms with E-state index >= 15 is 0 Å². The summed E-state index contributed by atoms with van der Waals surface area (Å²) in [6.07, 6.45) is 22.5. The minimum atomic E-state index is -0.272. The zero-order valence-corrected chi connectivity index (χ0v) is 22.0. The Balaban J connectivity index is 1.34. The molecule has 1 aromatic heterocycles. The Morgan fingerprint density at radius 3 is 2.00 bits per heavy atom. The van der Waals surface area contributed by atoms with E-state index in [-0.39, 0.29) is 24.9 Å². The molecule has 0 saturated heterocycles. The third-order valence-corrected chi connectivity index (χ3v) is 6.70. The number of amides is 1. The number of carbonyl (C=O) groups is 2. The fourth-order valence-electron chi connectivity index (χ4n) is 4.58. The van der Waals surface area contributed by atoms with E-state index in [1.165, 1.54) is 83.5 Å². The van der Waals surface area contributed by atoms with Gasteiger partial charge in [-0.2, -0.15) is 0 Å². The number of H-pyrrole nitrogens is 1. The van der Waals surface area contributed by atoms with E-state index in [9.17, 15) is 9.59 Å². The van der Waals surface area contributed by atoms with Crippen molar-refractivity contribution in [2.24, 2.45) is 0 Å². The zero-order chi connectivity index (χ0) is 25.0. The summed E-state index contributed by atoms with van der Waals surface area (Å²) in [7, 11) is 0. The Labute approximate surface area is 212 Å². The highest BCUT2D eigenvalue weighted by atomic mass is 16.5. The molecule has 1 aromatic carbocycles. The van der Waals surface area contributed by atoms with Gasteiger partial charge in [0.25, 0.3) is 0 Å². The lowest BCUT2D eigenvalue weighted by Gasteiger charge is -2.07. The Kier molecular flexibility index (Phi) is 15.7. The van der Waals surface area contributed by atoms with Crippen LogP contribution in [0.2, 0.25) is 0 Å². The number of carbonyl (C=O) groups excluding carboxylic acids is 2. The number of hydrogen-bond acceptors (Lipinski definition) is 3. The van der Waals surface area contributed by atoms with Crippen LogP contribution in [-0.4, -0.2) is 30.0 Å². The van der Waals surface area contributed by atoms with Crippen LogP contribution in [0.15, 0.2) is 30.5 Å². The first-order valence-corrected chi connectivity index (χ1v) is 14.2. The summed E-state index contributed by atoms with van der Waals surface area (Å²) in [5.41, 5.74) is 1.95. The van der Waals surface area contributed by atoms with Crippen molar-refractivity contribution in [3.8, 4) is 0 Å². The van der Waals surface area contributed by atoms with Crippen LogP contribution in [0.25, 0.3) is 10.9 Å². The molecule has 35 heavy (non-hydrogen) atoms. The van der Waals surface area contributed by atoms with E-state index in [0.29, 0.717) is 13.0 Å². The van der Waals surface area contributed by atoms with Crippen LogP contribution >= 0.6 is 0 Å². The Morgan fingerprint density at radius 1 is 0.800 bits per heavy atom. The molecule has 0 unspecified atom stereocenters. The van der Waals surface area contributed by atoms with Crippen LogP contribution in [-0.2, 0) is 20.7 Å². The number of rotatable bonds is 21. The molecule has 1 heterocycles. The molecule has 2 N–H and O–H groups in total. The molecule has 0 aliphatic heterocycles. The fraction of sp³-hybridized carbons (Fsp3) is 0.667. The quantitative estimate of drug-likeness (QED) is 0.141. The van der Waals surface area contributed by atoms with Gasteiger partial charge >= 0.3 is 5.97 Å². The van der Waals surface area contributed by atoms with Crippen molar-refractivity contribution in [3.05, 3.63) is 36.0 Å². The molecule has 0 saturated carbocycles. The molecule has 1 amide bonds. The highest BCUT2D eigenvalue weighted by Crippen LogP contribution is 2.18. The number of fused-ring (bicyclic) bond motifs is 1. The zero-order valence-electron chi connectivity index (χ0n) is 22.0. The maximum absolute atomic E-state index is 12.1. The molecular formula is C30H48N2O3. The number of aromatic amines is 1. The predicted octanol–water partition coefficient (Wildman–Crippen LogP) is 7.63. The molecule has 2 rings (SSSR count). The van der Waals surface area contributed by atoms with Crippen LogP contribution in [0.1, 0.15) is 115 Å². The average molecular weight is 485 g/mol. The summed E-state index contributed by atoms with van der Waals surface area (Å²) in [5.74, 6) is -0.223. The van der Waals surface area contributed by atoms with Gasteiger partial charge in [-0.05, 0) is 18.1 Å². The third-order valence-electron chi connectivity index (χ3n) is 6.70. The molecule has 5 heteroatoms. The summed E-state index contributed by atoms with van der Waals surface area (Å²) in [6.45, 7) is 2.86. The van der Waals surface area contributed by atoms with Crippen molar-refractivity contribution in [1.82, 2.24) is 10.3 Å². The lowest BCUT2D eigenvalue weighted by Crippen LogP contribution is -2.28. The van der Waals surface area contributed by atoms with Crippen molar-refractivity contribution < 1.29 is 14.3 Å². The summed E-state index contributed by atoms with van der Waals surface area (Å²) in [5, 5.41) is 3.90. The molecule has 2 aromatic rings. The number of aromatic nitrogens is 1. The molecule has 5 nitrogen and oxygen atoms in total. The van der Waals surface area contributed by atoms with Crippen LogP contribution in [0.3, 0.4) is 0 Å². The minimum absolute atomic E-state index is 0.0485. The van der Waals surface area contributed by atoms with Gasteiger partial charge in [-0.3, -0.25) is 9.59 Å². The van der Waals surface area contributed by atoms with E-state index in [2.05, 4.69) is 17.2 Å². The summed E-state index contributed by atoms with van der Waals surface area (Å²) in [4.78, 5) is 27.2. The van der Waals surface area contributed by atoms with Gasteiger partial charge in [0.05, 0.1) is 13.0 Å². The Hall–Kier alpha value is -2.30. The lowest BCUT2D eigenvalue weighted by molar-refractivity contribution is -0.143. The number of benzene rings is 1. The molecule has 0 bridgehead atoms. The molecule has 0 atom stereocenters. The molecular weight excluding hydrogens is 436 g/mol. The van der Waals surface area contributed by atoms with E-state index in [0.717, 1.165) is 29.3 Å². The maximum Gasteiger partial charge on any atom is 0.310 e. The maximum atomic E-state index is 12.1. The van der Waals surface area contributed by atoms with Gasteiger partial charge in [0.1, 0.15) is 6.61 Å². The number of unbranched alkanes of at least 4 members (excludes halogenated alkanes) is 14. The Bertz CT molecular complexity index is 830. The first-order valence-electron chi connectivity index (χ1n) is 14.2. The van der Waals surface area contributed by atoms with Crippen molar-refractivity contribution in [1.29, 1.82) is 0 Å². The molecule has 0 aliphatic carbocycles. The lowest BCUT2D eigenvalue weighted by atomic mass is 10.0. The average Bonchev–Trinajstić information content (AvgIpc) is 3.27. The number of ether oxygens (including phenoxy) is 1. The van der Waals surface area contributed by atoms with Crippen LogP contribution in [0, 0.1) is 0 Å². The second kappa shape index (κ2) is 19.0. The van der Waals surface area contributed by atoms with Gasteiger partial charge in [-0.25, -0.2) is 0 Å². The third kappa shape index (κ3) is 13.4. The van der Waals surface area contributed by atoms with Gasteiger partial charge in [0.2, 0.25) is 5.91 Å². The Morgan fingerprint density at radius 2 is 1.37 bits per heavy atom. The number of nitrogens with one attached hydrogen (secondary N) is 2. The molecule has 0 spiro atoms. The summed E-state index contributed by atoms with van der Waals surface area (Å²) in [6, 6.07) is 7.90. The SMILES string of the molecule is CCCCCCCCCCCCCCCCCC(=O)NCCOC(=O)Cc1c[nH]c2ccccc12. The van der Waals surface area contributed by atoms with Gasteiger partial charge in [-0.1, -0.05) is 115 Å². The normalized spacial score (nSPS) is 11.1. The fourth-order valence-corrected chi connectivity index (χ4v) is 4.58. The van der Waals surface area contributed by atoms with Crippen LogP contribution in [0.5, 0.6) is 0 Å². The highest BCUT2D eigenvalue weighted by Gasteiger charge is 2.10. The van der Waals surface area contributed by atoms with Gasteiger partial charge in [0.15, 0.2) is 0 Å². The van der Waals surface area contributed by atoms with Crippen molar-refractivity contribution in [2.45, 2.75) is 116 Å². The number of para-hydroxylation sites is 1. The smallest absolute Gasteiger partial charge is 0.310 e. The summed E-state index contributed by atoms with van der Waals surface area (Å²) >= 11 is 0. The predicted molar refractivity (Wildman–Crippen MR) is 146 cm³/mol. The van der Waals surface area contributed by atoms with Crippen molar-refractivity contribution in [2.75, 3.05) is 13.2 Å². The van der Waals surface area contributed by atoms with Crippen LogP contribution in [0.4, 0.5) is 0 Å². The first kappa shape index (κ1) is 28.9. The van der Waals surface area contributed by atoms with Crippen molar-refractivity contribution >= 4 is 22.8 Å². The number of hydrogen-bond donors (Lipinski definition) is 2. The standard InChI is InChI=1S/C30H48N2O3/c1-2-3-4-5-6-7-8-9-10-11-12-13-14-15-16-21-29(33)31-22-23-35-30(34)24-26-25-32-28-20-18-17-19-27(26)28/h17-20,25,32H,2-16,21-24H2,1H3,(H,31,33). The monoisotopic (exact) mass is 484 g/mol. The first-order chi connectivity index (χ1) is 17.2. The van der Waals surface area contributed by atoms with E-state index < -0.39 is 0 Å². The van der Waals surface area contributed by atoms with E-state index in [1.54, 1.807) is 0 Å².